The summed E-state index contributed by atoms with van der Waals surface area (Å²) in [5.41, 5.74) is 7.99. The number of allylic oxidation sites excluding steroid dienone is 1. The van der Waals surface area contributed by atoms with E-state index in [1.54, 1.807) is 6.08 Å². The summed E-state index contributed by atoms with van der Waals surface area (Å²) < 4.78 is 0.453. The summed E-state index contributed by atoms with van der Waals surface area (Å²) in [6, 6.07) is 25.1. The number of hydrogen-bond donors (Lipinski definition) is 1. The molecule has 3 aromatic rings. The Bertz CT molecular complexity index is 3200. The Labute approximate surface area is 697 Å². The van der Waals surface area contributed by atoms with Gasteiger partial charge in [0.15, 0.2) is 5.78 Å². The molecule has 0 N–H and O–H groups in total. The SMILES string of the molecule is O=C1C=C2c3ccccc3C(=O)N2[C@@H]2CCCC[C@@H]12.O=C1c2ccccc2C2(SCCCS)CC3(SCCCS3)[C@@H]3CCCC[C@H]3N12.O=C1c2ccccc2C2=CC3(SCCCS3)[C@@H]3C[CH+]CC[C@H]3N12.PP(P)P(P)P(P(P)P)P(P)P.PPP(P)P(P(P)P)P(P)P.[V].[V].[V].[V]. The number of piperidine rings is 1. The molecule has 0 bridgehead atoms. The number of carbonyl (C=O) groups excluding carboxylic acids is 4. The van der Waals surface area contributed by atoms with Gasteiger partial charge in [-0.15, -0.1) is 175 Å². The van der Waals surface area contributed by atoms with Gasteiger partial charge in [-0.25, -0.2) is 0 Å². The minimum atomic E-state index is -0.174. The zero-order chi connectivity index (χ0) is 66.5. The van der Waals surface area contributed by atoms with Crippen molar-refractivity contribution >= 4 is 293 Å². The molecule has 7 nitrogen and oxygen atoms in total. The van der Waals surface area contributed by atoms with Crippen LogP contribution < -0.4 is 0 Å². The average molecular weight is 1990 g/mol. The Morgan fingerprint density at radius 1 is 0.557 bits per heavy atom. The number of amides is 3. The topological polar surface area (TPSA) is 78.0 Å². The maximum atomic E-state index is 13.7. The summed E-state index contributed by atoms with van der Waals surface area (Å²) in [7, 11) is 39.9. The van der Waals surface area contributed by atoms with Crippen molar-refractivity contribution in [3.05, 3.63) is 125 Å². The Balaban J connectivity index is 0.000000198. The Hall–Kier alpha value is 9.42. The predicted octanol–water partition coefficient (Wildman–Crippen LogP) is 25.5. The van der Waals surface area contributed by atoms with Crippen molar-refractivity contribution in [1.29, 1.82) is 0 Å². The fourth-order valence-electron chi connectivity index (χ4n) is 15.0. The summed E-state index contributed by atoms with van der Waals surface area (Å²) in [6.07, 6.45) is 24.0. The third kappa shape index (κ3) is 22.0. The summed E-state index contributed by atoms with van der Waals surface area (Å²) >= 11 is 15.2. The summed E-state index contributed by atoms with van der Waals surface area (Å²) in [5.74, 6) is 9.09. The molecule has 528 valence electrons. The monoisotopic (exact) mass is 1990 g/mol. The molecule has 17 unspecified atom stereocenters. The second-order valence-electron chi connectivity index (χ2n) is 24.1. The van der Waals surface area contributed by atoms with E-state index in [0.29, 0.717) is 29.8 Å². The Morgan fingerprint density at radius 2 is 1.06 bits per heavy atom. The normalized spacial score (nSPS) is 26.3. The van der Waals surface area contributed by atoms with Gasteiger partial charge in [-0.05, 0) is 167 Å². The second kappa shape index (κ2) is 45.2. The minimum Gasteiger partial charge on any atom is -0.316 e. The molecule has 8 aliphatic heterocycles. The summed E-state index contributed by atoms with van der Waals surface area (Å²) in [5, 5.41) is 0. The number of carbonyl (C=O) groups is 4. The molecule has 6 fully saturated rings. The van der Waals surface area contributed by atoms with Gasteiger partial charge >= 0.3 is 0 Å². The number of benzene rings is 3. The number of ketones is 1. The van der Waals surface area contributed by atoms with Crippen LogP contribution in [0.3, 0.4) is 0 Å². The molecule has 8 heterocycles. The van der Waals surface area contributed by atoms with Gasteiger partial charge in [0.2, 0.25) is 0 Å². The van der Waals surface area contributed by atoms with Crippen molar-refractivity contribution in [2.24, 2.45) is 17.8 Å². The fourth-order valence-corrected chi connectivity index (χ4v) is 222. The standard InChI is InChI=1S/C22H29NOS4.C19H20NOS2.C16H15NO2.H14P12.H13P11.4V/c24-20-16-7-1-2-8-17(16)21(26-12-5-11-25)15-22(27-13-6-14-28-22)18-9-3-4-10-19(18)23(20)21;21-18-14-7-2-1-6-13(14)17-12-19(22-10-5-11-23-19)15-8-3-4-9-16(15)20(17)18;18-15-9-14-10-5-1-2-6-11(10)16(19)17(14)13-8-4-3-7-12(13)15;1-8(2)11(7)12(9(3)4)10(5)6;1-7-10(6)11(8(2)3)9(4)5;;;;/h1-2,7-8,18-19,25H,3-6,9-15H2;1-3,6-7,12,15-16H,4-5,8-11H2;1-2,5-6,9,12-13H,3-4,7-8H2;1-7H2;7H,1-6H2;;;;/q;+1;;;;;;;/t18-,19-,21?;15-,16-;12-,13-;;;;;;/m111....../s1. The van der Waals surface area contributed by atoms with Gasteiger partial charge in [-0.1, -0.05) is 88.2 Å². The van der Waals surface area contributed by atoms with Gasteiger partial charge in [0.1, 0.15) is 4.87 Å². The van der Waals surface area contributed by atoms with Crippen molar-refractivity contribution in [2.75, 3.05) is 34.5 Å². The van der Waals surface area contributed by atoms with Crippen molar-refractivity contribution < 1.29 is 93.4 Å². The van der Waals surface area contributed by atoms with Gasteiger partial charge in [-0.3, -0.25) is 19.2 Å². The molecular formula is C57H91N3O4P23S6V4+. The molecule has 0 aromatic heterocycles. The van der Waals surface area contributed by atoms with Gasteiger partial charge < -0.3 is 14.7 Å². The average Bonchev–Trinajstić information content (AvgIpc) is 1.58. The van der Waals surface area contributed by atoms with Crippen LogP contribution in [0.15, 0.2) is 84.9 Å². The zero-order valence-corrected chi connectivity index (χ0v) is 88.4. The van der Waals surface area contributed by atoms with E-state index >= 15 is 0 Å². The Morgan fingerprint density at radius 3 is 1.60 bits per heavy atom. The van der Waals surface area contributed by atoms with Crippen LogP contribution in [-0.2, 0) is 83.9 Å². The number of rotatable bonds is 12. The van der Waals surface area contributed by atoms with Crippen LogP contribution in [0.25, 0.3) is 11.4 Å². The van der Waals surface area contributed by atoms with Crippen molar-refractivity contribution in [3.8, 4) is 0 Å². The first kappa shape index (κ1) is 95.3. The van der Waals surface area contributed by atoms with Crippen molar-refractivity contribution in [1.82, 2.24) is 14.7 Å². The van der Waals surface area contributed by atoms with Crippen LogP contribution in [0.4, 0.5) is 0 Å². The van der Waals surface area contributed by atoms with E-state index in [-0.39, 0.29) is 180 Å². The molecule has 3 saturated heterocycles. The van der Waals surface area contributed by atoms with Gasteiger partial charge in [0, 0.05) is 156 Å². The maximum absolute atomic E-state index is 13.7. The number of hydrogen-bond acceptors (Lipinski definition) is 10. The predicted molar refractivity (Wildman–Crippen MR) is 494 cm³/mol. The van der Waals surface area contributed by atoms with E-state index in [1.807, 2.05) is 59.1 Å². The summed E-state index contributed by atoms with van der Waals surface area (Å²) in [6.45, 7) is 1.46. The molecule has 11 aliphatic rings. The first-order valence-corrected chi connectivity index (χ1v) is 76.8. The largest absolute Gasteiger partial charge is 0.316 e. The first-order chi connectivity index (χ1) is 44.7. The molecule has 97 heavy (non-hydrogen) atoms. The van der Waals surface area contributed by atoms with Gasteiger partial charge in [0.25, 0.3) is 17.7 Å². The molecule has 23 atom stereocenters. The molecule has 4 radical (unpaired) electrons. The number of thiol groups is 1. The number of thioether (sulfide) groups is 5. The molecule has 3 saturated carbocycles. The molecule has 3 aromatic carbocycles. The zero-order valence-electron chi connectivity index (χ0n) is 53.8. The van der Waals surface area contributed by atoms with E-state index in [0.717, 1.165) is 111 Å². The molecule has 2 spiro atoms. The maximum Gasteiger partial charge on any atom is 0.259 e. The van der Waals surface area contributed by atoms with Crippen molar-refractivity contribution in [2.45, 2.75) is 127 Å². The number of nitrogens with zero attached hydrogens (tertiary/aromatic N) is 3. The van der Waals surface area contributed by atoms with E-state index in [4.69, 9.17) is 0 Å². The van der Waals surface area contributed by atoms with Gasteiger partial charge in [0.05, 0.1) is 44.9 Å². The molecular weight excluding hydrogens is 1900 g/mol. The van der Waals surface area contributed by atoms with Crippen LogP contribution in [0.2, 0.25) is 0 Å². The smallest absolute Gasteiger partial charge is 0.259 e. The summed E-state index contributed by atoms with van der Waals surface area (Å²) in [4.78, 5) is 57.8. The molecule has 3 aliphatic carbocycles. The third-order valence-electron chi connectivity index (χ3n) is 18.7. The van der Waals surface area contributed by atoms with E-state index in [2.05, 4.69) is 228 Å². The Kier molecular flexibility index (Phi) is 44.4. The van der Waals surface area contributed by atoms with Crippen LogP contribution in [0.1, 0.15) is 144 Å². The third-order valence-corrected chi connectivity index (χ3v) is 153. The van der Waals surface area contributed by atoms with Crippen LogP contribution in [0.5, 0.6) is 0 Å². The molecule has 3 amide bonds. The molecule has 40 heteroatoms. The first-order valence-electron chi connectivity index (χ1n) is 31.2. The quantitative estimate of drug-likeness (QED) is 0.0826. The van der Waals surface area contributed by atoms with E-state index in [1.165, 1.54) is 72.8 Å². The van der Waals surface area contributed by atoms with Crippen LogP contribution in [0, 0.1) is 24.2 Å². The van der Waals surface area contributed by atoms with Crippen LogP contribution in [-0.4, -0.2) is 99.0 Å². The van der Waals surface area contributed by atoms with Crippen molar-refractivity contribution in [3.63, 3.8) is 0 Å². The number of fused-ring (bicyclic) bond motifs is 17. The fraction of sp³-hybridized carbons (Fsp3) is 0.526. The second-order valence-corrected chi connectivity index (χ2v) is 116. The van der Waals surface area contributed by atoms with Crippen LogP contribution >= 0.6 is 258 Å². The minimum absolute atomic E-state index is 0. The van der Waals surface area contributed by atoms with E-state index < -0.39 is 0 Å². The van der Waals surface area contributed by atoms with E-state index in [9.17, 15) is 19.2 Å². The molecule has 14 rings (SSSR count). The van der Waals surface area contributed by atoms with Gasteiger partial charge in [-0.2, -0.15) is 12.6 Å².